The summed E-state index contributed by atoms with van der Waals surface area (Å²) in [5.74, 6) is 0.836. The lowest BCUT2D eigenvalue weighted by Gasteiger charge is -2.22. The van der Waals surface area contributed by atoms with E-state index in [-0.39, 0.29) is 24.0 Å². The first-order chi connectivity index (χ1) is 10.5. The van der Waals surface area contributed by atoms with Crippen LogP contribution in [0.25, 0.3) is 0 Å². The molecule has 0 fully saturated rings. The predicted molar refractivity (Wildman–Crippen MR) is 109 cm³/mol. The van der Waals surface area contributed by atoms with Crippen LogP contribution in [0.4, 0.5) is 0 Å². The van der Waals surface area contributed by atoms with E-state index in [1.54, 1.807) is 18.4 Å². The molecule has 1 N–H and O–H groups in total. The highest BCUT2D eigenvalue weighted by molar-refractivity contribution is 14.0. The van der Waals surface area contributed by atoms with Crippen molar-refractivity contribution in [3.63, 3.8) is 0 Å². The van der Waals surface area contributed by atoms with Crippen molar-refractivity contribution in [1.29, 1.82) is 0 Å². The number of aryl methyl sites for hydroxylation is 2. The highest BCUT2D eigenvalue weighted by atomic mass is 127. The van der Waals surface area contributed by atoms with E-state index >= 15 is 0 Å². The topological polar surface area (TPSA) is 45.5 Å². The summed E-state index contributed by atoms with van der Waals surface area (Å²) in [5.41, 5.74) is 2.19. The fraction of sp³-hybridized carbons (Fsp3) is 0.467. The van der Waals surface area contributed by atoms with Crippen LogP contribution in [0.15, 0.2) is 22.6 Å². The van der Waals surface area contributed by atoms with E-state index in [0.717, 1.165) is 35.3 Å². The number of hydrogen-bond donors (Lipinski definition) is 1. The fourth-order valence-electron chi connectivity index (χ4n) is 2.19. The van der Waals surface area contributed by atoms with Gasteiger partial charge < -0.3 is 14.8 Å². The summed E-state index contributed by atoms with van der Waals surface area (Å²) in [6.07, 6.45) is 2.88. The third-order valence-corrected chi connectivity index (χ3v) is 4.63. The first-order valence-corrected chi connectivity index (χ1v) is 8.45. The number of aliphatic imine (C=N–C) groups is 1. The summed E-state index contributed by atoms with van der Waals surface area (Å²) in [6.45, 7) is 3.54. The number of halogens is 2. The smallest absolute Gasteiger partial charge is 0.194 e. The molecule has 0 aliphatic rings. The molecule has 0 spiro atoms. The highest BCUT2D eigenvalue weighted by Gasteiger charge is 2.10. The molecule has 0 aliphatic heterocycles. The highest BCUT2D eigenvalue weighted by Crippen LogP contribution is 2.14. The average molecular weight is 468 g/mol. The number of guanidine groups is 1. The molecule has 2 rings (SSSR count). The Kier molecular flexibility index (Phi) is 8.35. The maximum Gasteiger partial charge on any atom is 0.194 e. The van der Waals surface area contributed by atoms with Crippen LogP contribution in [0.5, 0.6) is 0 Å². The Morgan fingerprint density at radius 1 is 1.52 bits per heavy atom. The Labute approximate surface area is 163 Å². The first-order valence-electron chi connectivity index (χ1n) is 7.19. The van der Waals surface area contributed by atoms with Gasteiger partial charge in [0.1, 0.15) is 0 Å². The number of thiazole rings is 1. The second-order valence-electron chi connectivity index (χ2n) is 5.10. The van der Waals surface area contributed by atoms with Gasteiger partial charge in [0.15, 0.2) is 5.96 Å². The minimum Gasteiger partial charge on any atom is -0.351 e. The molecule has 2 aromatic rings. The Hall–Kier alpha value is -0.800. The molecule has 0 saturated heterocycles. The quantitative estimate of drug-likeness (QED) is 0.416. The van der Waals surface area contributed by atoms with Gasteiger partial charge in [0, 0.05) is 38.4 Å². The largest absolute Gasteiger partial charge is 0.351 e. The Morgan fingerprint density at radius 2 is 2.26 bits per heavy atom. The van der Waals surface area contributed by atoms with Crippen LogP contribution in [0, 0.1) is 0 Å². The summed E-state index contributed by atoms with van der Waals surface area (Å²) in [4.78, 5) is 11.0. The predicted octanol–water partition coefficient (Wildman–Crippen LogP) is 3.52. The van der Waals surface area contributed by atoms with Crippen molar-refractivity contribution in [3.8, 4) is 0 Å². The number of rotatable bonds is 5. The van der Waals surface area contributed by atoms with Gasteiger partial charge in [-0.2, -0.15) is 0 Å². The standard InChI is InChI=1S/C15H22ClN5S.HI/c1-5-14-19-12(10-22-14)7-18-15(17-2)21(4)9-13-6-11(16)8-20(13)3;/h6,8,10H,5,7,9H2,1-4H3,(H,17,18);1H. The van der Waals surface area contributed by atoms with Crippen molar-refractivity contribution in [2.75, 3.05) is 14.1 Å². The average Bonchev–Trinajstić information content (AvgIpc) is 3.06. The van der Waals surface area contributed by atoms with E-state index in [1.807, 2.05) is 30.9 Å². The van der Waals surface area contributed by atoms with Crippen LogP contribution in [0.2, 0.25) is 5.02 Å². The second kappa shape index (κ2) is 9.48. The molecular formula is C15H23ClIN5S. The molecule has 5 nitrogen and oxygen atoms in total. The van der Waals surface area contributed by atoms with Gasteiger partial charge in [-0.05, 0) is 12.5 Å². The van der Waals surface area contributed by atoms with Crippen LogP contribution in [0.1, 0.15) is 23.3 Å². The lowest BCUT2D eigenvalue weighted by atomic mass is 10.4. The molecule has 0 unspecified atom stereocenters. The third-order valence-electron chi connectivity index (χ3n) is 3.38. The van der Waals surface area contributed by atoms with Crippen LogP contribution in [-0.2, 0) is 26.6 Å². The molecule has 0 amide bonds. The van der Waals surface area contributed by atoms with Gasteiger partial charge in [-0.1, -0.05) is 18.5 Å². The van der Waals surface area contributed by atoms with Gasteiger partial charge >= 0.3 is 0 Å². The van der Waals surface area contributed by atoms with Gasteiger partial charge in [0.2, 0.25) is 0 Å². The zero-order valence-corrected chi connectivity index (χ0v) is 17.7. The zero-order chi connectivity index (χ0) is 16.1. The van der Waals surface area contributed by atoms with Gasteiger partial charge in [0.25, 0.3) is 0 Å². The Morgan fingerprint density at radius 3 is 2.78 bits per heavy atom. The number of nitrogens with one attached hydrogen (secondary N) is 1. The van der Waals surface area contributed by atoms with E-state index in [9.17, 15) is 0 Å². The number of aromatic nitrogens is 2. The maximum absolute atomic E-state index is 6.03. The van der Waals surface area contributed by atoms with E-state index in [2.05, 4.69) is 32.5 Å². The summed E-state index contributed by atoms with van der Waals surface area (Å²) in [7, 11) is 5.79. The maximum atomic E-state index is 6.03. The van der Waals surface area contributed by atoms with Gasteiger partial charge in [0.05, 0.1) is 28.8 Å². The molecule has 0 saturated carbocycles. The first kappa shape index (κ1) is 20.2. The molecule has 128 valence electrons. The molecule has 23 heavy (non-hydrogen) atoms. The second-order valence-corrected chi connectivity index (χ2v) is 6.48. The van der Waals surface area contributed by atoms with Crippen LogP contribution in [-0.4, -0.2) is 34.5 Å². The molecule has 2 heterocycles. The lowest BCUT2D eigenvalue weighted by molar-refractivity contribution is 0.461. The molecule has 0 bridgehead atoms. The van der Waals surface area contributed by atoms with Gasteiger partial charge in [-0.15, -0.1) is 35.3 Å². The third kappa shape index (κ3) is 5.65. The summed E-state index contributed by atoms with van der Waals surface area (Å²) in [6, 6.07) is 1.97. The van der Waals surface area contributed by atoms with Crippen molar-refractivity contribution in [3.05, 3.63) is 39.1 Å². The summed E-state index contributed by atoms with van der Waals surface area (Å²) >= 11 is 7.73. The SMILES string of the molecule is CCc1nc(CNC(=NC)N(C)Cc2cc(Cl)cn2C)cs1.I. The van der Waals surface area contributed by atoms with Crippen LogP contribution in [0.3, 0.4) is 0 Å². The molecule has 0 atom stereocenters. The van der Waals surface area contributed by atoms with E-state index in [1.165, 1.54) is 5.01 Å². The molecule has 0 radical (unpaired) electrons. The van der Waals surface area contributed by atoms with Crippen molar-refractivity contribution in [2.45, 2.75) is 26.4 Å². The minimum absolute atomic E-state index is 0. The van der Waals surface area contributed by atoms with Crippen LogP contribution >= 0.6 is 46.9 Å². The van der Waals surface area contributed by atoms with Crippen molar-refractivity contribution in [1.82, 2.24) is 19.8 Å². The van der Waals surface area contributed by atoms with E-state index < -0.39 is 0 Å². The van der Waals surface area contributed by atoms with Crippen molar-refractivity contribution < 1.29 is 0 Å². The van der Waals surface area contributed by atoms with E-state index in [4.69, 9.17) is 11.6 Å². The zero-order valence-electron chi connectivity index (χ0n) is 13.8. The normalized spacial score (nSPS) is 11.3. The molecule has 0 aliphatic carbocycles. The van der Waals surface area contributed by atoms with Gasteiger partial charge in [-0.25, -0.2) is 4.98 Å². The number of hydrogen-bond acceptors (Lipinski definition) is 3. The monoisotopic (exact) mass is 467 g/mol. The summed E-state index contributed by atoms with van der Waals surface area (Å²) in [5, 5.41) is 7.36. The van der Waals surface area contributed by atoms with Crippen molar-refractivity contribution in [2.24, 2.45) is 12.0 Å². The van der Waals surface area contributed by atoms with E-state index in [0.29, 0.717) is 6.54 Å². The molecule has 8 heteroatoms. The summed E-state index contributed by atoms with van der Waals surface area (Å²) < 4.78 is 2.03. The molecule has 2 aromatic heterocycles. The lowest BCUT2D eigenvalue weighted by Crippen LogP contribution is -2.38. The Balaban J connectivity index is 0.00000264. The molecular weight excluding hydrogens is 445 g/mol. The number of nitrogens with zero attached hydrogens (tertiary/aromatic N) is 4. The minimum atomic E-state index is 0. The van der Waals surface area contributed by atoms with Crippen LogP contribution < -0.4 is 5.32 Å². The molecule has 0 aromatic carbocycles. The van der Waals surface area contributed by atoms with Gasteiger partial charge in [-0.3, -0.25) is 4.99 Å². The Bertz CT molecular complexity index is 652. The fourth-order valence-corrected chi connectivity index (χ4v) is 3.21. The van der Waals surface area contributed by atoms with Crippen molar-refractivity contribution >= 4 is 52.9 Å².